The summed E-state index contributed by atoms with van der Waals surface area (Å²) in [5, 5.41) is 17.8. The SMILES string of the molecule is CCC(C)N(c1ccc(C#N)cc1)c1ccc(C#N)cc1. The van der Waals surface area contributed by atoms with Crippen LogP contribution in [-0.2, 0) is 0 Å². The van der Waals surface area contributed by atoms with Crippen LogP contribution < -0.4 is 4.90 Å². The highest BCUT2D eigenvalue weighted by molar-refractivity contribution is 5.65. The Morgan fingerprint density at radius 2 is 1.24 bits per heavy atom. The van der Waals surface area contributed by atoms with Crippen LogP contribution >= 0.6 is 0 Å². The number of rotatable bonds is 4. The Kier molecular flexibility index (Phi) is 4.59. The molecular formula is C18H17N3. The van der Waals surface area contributed by atoms with E-state index in [1.54, 1.807) is 0 Å². The lowest BCUT2D eigenvalue weighted by molar-refractivity contribution is 0.688. The molecule has 0 fully saturated rings. The third-order valence-electron chi connectivity index (χ3n) is 3.58. The summed E-state index contributed by atoms with van der Waals surface area (Å²) >= 11 is 0. The average Bonchev–Trinajstić information content (AvgIpc) is 2.56. The molecule has 0 spiro atoms. The van der Waals surface area contributed by atoms with Crippen LogP contribution in [0.25, 0.3) is 0 Å². The molecule has 2 rings (SSSR count). The summed E-state index contributed by atoms with van der Waals surface area (Å²) in [5.74, 6) is 0. The van der Waals surface area contributed by atoms with Crippen molar-refractivity contribution in [3.05, 3.63) is 59.7 Å². The summed E-state index contributed by atoms with van der Waals surface area (Å²) in [5.41, 5.74) is 3.41. The molecule has 0 saturated heterocycles. The molecule has 1 atom stereocenters. The molecule has 2 aromatic rings. The molecule has 0 bridgehead atoms. The van der Waals surface area contributed by atoms with E-state index in [0.717, 1.165) is 17.8 Å². The molecular weight excluding hydrogens is 258 g/mol. The van der Waals surface area contributed by atoms with Crippen molar-refractivity contribution < 1.29 is 0 Å². The van der Waals surface area contributed by atoms with Gasteiger partial charge < -0.3 is 4.90 Å². The van der Waals surface area contributed by atoms with E-state index in [0.29, 0.717) is 17.2 Å². The Hall–Kier alpha value is -2.78. The Morgan fingerprint density at radius 1 is 0.857 bits per heavy atom. The molecule has 3 nitrogen and oxygen atoms in total. The van der Waals surface area contributed by atoms with E-state index >= 15 is 0 Å². The predicted octanol–water partition coefficient (Wildman–Crippen LogP) is 4.37. The number of nitriles is 2. The van der Waals surface area contributed by atoms with Gasteiger partial charge in [0.25, 0.3) is 0 Å². The van der Waals surface area contributed by atoms with Crippen molar-refractivity contribution in [2.45, 2.75) is 26.3 Å². The summed E-state index contributed by atoms with van der Waals surface area (Å²) in [4.78, 5) is 2.22. The van der Waals surface area contributed by atoms with E-state index in [1.165, 1.54) is 0 Å². The topological polar surface area (TPSA) is 50.8 Å². The van der Waals surface area contributed by atoms with Gasteiger partial charge in [-0.1, -0.05) is 6.92 Å². The smallest absolute Gasteiger partial charge is 0.0991 e. The van der Waals surface area contributed by atoms with Gasteiger partial charge in [0.2, 0.25) is 0 Å². The fourth-order valence-electron chi connectivity index (χ4n) is 2.23. The van der Waals surface area contributed by atoms with Crippen molar-refractivity contribution >= 4 is 11.4 Å². The molecule has 21 heavy (non-hydrogen) atoms. The van der Waals surface area contributed by atoms with Crippen molar-refractivity contribution in [2.75, 3.05) is 4.90 Å². The lowest BCUT2D eigenvalue weighted by atomic mass is 10.1. The highest BCUT2D eigenvalue weighted by Gasteiger charge is 2.15. The van der Waals surface area contributed by atoms with Crippen LogP contribution in [0.2, 0.25) is 0 Å². The number of anilines is 2. The van der Waals surface area contributed by atoms with Gasteiger partial charge in [-0.05, 0) is 61.9 Å². The lowest BCUT2D eigenvalue weighted by Gasteiger charge is -2.31. The monoisotopic (exact) mass is 275 g/mol. The minimum Gasteiger partial charge on any atom is -0.339 e. The molecule has 0 amide bonds. The number of nitrogens with zero attached hydrogens (tertiary/aromatic N) is 3. The van der Waals surface area contributed by atoms with Gasteiger partial charge in [-0.2, -0.15) is 10.5 Å². The van der Waals surface area contributed by atoms with Crippen molar-refractivity contribution in [3.63, 3.8) is 0 Å². The average molecular weight is 275 g/mol. The summed E-state index contributed by atoms with van der Waals surface area (Å²) in [6.07, 6.45) is 1.00. The maximum atomic E-state index is 8.90. The molecule has 3 heteroatoms. The number of hydrogen-bond acceptors (Lipinski definition) is 3. The minimum atomic E-state index is 0.325. The summed E-state index contributed by atoms with van der Waals surface area (Å²) in [6.45, 7) is 4.31. The van der Waals surface area contributed by atoms with Crippen LogP contribution in [0.15, 0.2) is 48.5 Å². The normalized spacial score (nSPS) is 11.2. The van der Waals surface area contributed by atoms with Gasteiger partial charge in [0.1, 0.15) is 0 Å². The fraction of sp³-hybridized carbons (Fsp3) is 0.222. The van der Waals surface area contributed by atoms with Crippen LogP contribution in [0, 0.1) is 22.7 Å². The first-order chi connectivity index (χ1) is 10.2. The highest BCUT2D eigenvalue weighted by atomic mass is 15.2. The molecule has 1 unspecified atom stereocenters. The van der Waals surface area contributed by atoms with Crippen molar-refractivity contribution in [3.8, 4) is 12.1 Å². The zero-order valence-electron chi connectivity index (χ0n) is 12.2. The van der Waals surface area contributed by atoms with E-state index < -0.39 is 0 Å². The quantitative estimate of drug-likeness (QED) is 0.832. The molecule has 104 valence electrons. The largest absolute Gasteiger partial charge is 0.339 e. The molecule has 0 radical (unpaired) electrons. The van der Waals surface area contributed by atoms with Gasteiger partial charge in [0, 0.05) is 17.4 Å². The molecule has 2 aromatic carbocycles. The van der Waals surface area contributed by atoms with Gasteiger partial charge in [-0.3, -0.25) is 0 Å². The number of benzene rings is 2. The molecule has 0 aliphatic carbocycles. The maximum absolute atomic E-state index is 8.90. The Labute approximate surface area is 125 Å². The van der Waals surface area contributed by atoms with E-state index in [2.05, 4.69) is 30.9 Å². The standard InChI is InChI=1S/C18H17N3/c1-3-14(2)21(17-8-4-15(12-19)5-9-17)18-10-6-16(13-20)7-11-18/h4-11,14H,3H2,1-2H3. The van der Waals surface area contributed by atoms with Crippen LogP contribution in [0.5, 0.6) is 0 Å². The number of hydrogen-bond donors (Lipinski definition) is 0. The highest BCUT2D eigenvalue weighted by Crippen LogP contribution is 2.29. The Balaban J connectivity index is 2.42. The Morgan fingerprint density at radius 3 is 1.52 bits per heavy atom. The van der Waals surface area contributed by atoms with Gasteiger partial charge >= 0.3 is 0 Å². The van der Waals surface area contributed by atoms with E-state index in [9.17, 15) is 0 Å². The van der Waals surface area contributed by atoms with E-state index in [1.807, 2.05) is 48.5 Å². The summed E-state index contributed by atoms with van der Waals surface area (Å²) in [7, 11) is 0. The van der Waals surface area contributed by atoms with Crippen molar-refractivity contribution in [2.24, 2.45) is 0 Å². The predicted molar refractivity (Wildman–Crippen MR) is 84.2 cm³/mol. The first-order valence-electron chi connectivity index (χ1n) is 6.99. The maximum Gasteiger partial charge on any atom is 0.0991 e. The van der Waals surface area contributed by atoms with Crippen LogP contribution in [0.1, 0.15) is 31.4 Å². The zero-order valence-corrected chi connectivity index (χ0v) is 12.2. The van der Waals surface area contributed by atoms with Crippen LogP contribution in [0.4, 0.5) is 11.4 Å². The molecule has 0 N–H and O–H groups in total. The van der Waals surface area contributed by atoms with Crippen LogP contribution in [0.3, 0.4) is 0 Å². The molecule has 0 aromatic heterocycles. The third kappa shape index (κ3) is 3.22. The van der Waals surface area contributed by atoms with Crippen molar-refractivity contribution in [1.82, 2.24) is 0 Å². The molecule has 0 aliphatic heterocycles. The second-order valence-corrected chi connectivity index (χ2v) is 4.94. The third-order valence-corrected chi connectivity index (χ3v) is 3.58. The zero-order chi connectivity index (χ0) is 15.2. The minimum absolute atomic E-state index is 0.325. The van der Waals surface area contributed by atoms with E-state index in [4.69, 9.17) is 10.5 Å². The molecule has 0 saturated carbocycles. The van der Waals surface area contributed by atoms with E-state index in [-0.39, 0.29) is 0 Å². The fourth-order valence-corrected chi connectivity index (χ4v) is 2.23. The second kappa shape index (κ2) is 6.59. The first kappa shape index (κ1) is 14.6. The van der Waals surface area contributed by atoms with Crippen molar-refractivity contribution in [1.29, 1.82) is 10.5 Å². The van der Waals surface area contributed by atoms with Gasteiger partial charge in [0.15, 0.2) is 0 Å². The second-order valence-electron chi connectivity index (χ2n) is 4.94. The summed E-state index contributed by atoms with van der Waals surface area (Å²) < 4.78 is 0. The molecule has 0 aliphatic rings. The van der Waals surface area contributed by atoms with Gasteiger partial charge in [0.05, 0.1) is 23.3 Å². The van der Waals surface area contributed by atoms with Gasteiger partial charge in [-0.15, -0.1) is 0 Å². The Bertz CT molecular complexity index is 615. The summed E-state index contributed by atoms with van der Waals surface area (Å²) in [6, 6.07) is 19.8. The van der Waals surface area contributed by atoms with Crippen LogP contribution in [-0.4, -0.2) is 6.04 Å². The lowest BCUT2D eigenvalue weighted by Crippen LogP contribution is -2.27. The first-order valence-corrected chi connectivity index (χ1v) is 6.99. The van der Waals surface area contributed by atoms with Gasteiger partial charge in [-0.25, -0.2) is 0 Å². The molecule has 0 heterocycles.